The standard InChI is InChI=1S/C19H18ClNO4S/c1-3-7-24-17-13(20)9-12(11-15(17)23-4-2)10-14-19(22)25-18(21-14)16-6-5-8-26-16/h5-6,8-11H,3-4,7H2,1-2H3/b14-10+. The predicted octanol–water partition coefficient (Wildman–Crippen LogP) is 4.93. The molecule has 0 aliphatic carbocycles. The largest absolute Gasteiger partial charge is 0.490 e. The van der Waals surface area contributed by atoms with Crippen LogP contribution in [-0.2, 0) is 9.53 Å². The van der Waals surface area contributed by atoms with Crippen LogP contribution in [0.4, 0.5) is 0 Å². The zero-order valence-electron chi connectivity index (χ0n) is 14.5. The number of benzene rings is 1. The molecule has 26 heavy (non-hydrogen) atoms. The van der Waals surface area contributed by atoms with Crippen molar-refractivity contribution in [3.63, 3.8) is 0 Å². The van der Waals surface area contributed by atoms with Gasteiger partial charge in [0.15, 0.2) is 17.2 Å². The van der Waals surface area contributed by atoms with Crippen molar-refractivity contribution in [2.75, 3.05) is 13.2 Å². The molecule has 1 aliphatic rings. The fourth-order valence-electron chi connectivity index (χ4n) is 2.35. The summed E-state index contributed by atoms with van der Waals surface area (Å²) in [6.45, 7) is 4.92. The second-order valence-corrected chi connectivity index (χ2v) is 6.78. The number of hydrogen-bond donors (Lipinski definition) is 0. The van der Waals surface area contributed by atoms with E-state index in [0.717, 1.165) is 11.3 Å². The van der Waals surface area contributed by atoms with Gasteiger partial charge < -0.3 is 14.2 Å². The number of halogens is 1. The average Bonchev–Trinajstić information content (AvgIpc) is 3.25. The van der Waals surface area contributed by atoms with Crippen molar-refractivity contribution < 1.29 is 19.0 Å². The van der Waals surface area contributed by atoms with E-state index in [-0.39, 0.29) is 5.70 Å². The van der Waals surface area contributed by atoms with Gasteiger partial charge >= 0.3 is 5.97 Å². The molecule has 0 bridgehead atoms. The first-order chi connectivity index (χ1) is 12.6. The van der Waals surface area contributed by atoms with Crippen molar-refractivity contribution in [1.29, 1.82) is 0 Å². The molecule has 1 aromatic carbocycles. The van der Waals surface area contributed by atoms with Crippen LogP contribution in [0.2, 0.25) is 5.02 Å². The number of aliphatic imine (C=N–C) groups is 1. The number of cyclic esters (lactones) is 1. The van der Waals surface area contributed by atoms with E-state index in [9.17, 15) is 4.79 Å². The molecule has 0 radical (unpaired) electrons. The van der Waals surface area contributed by atoms with Gasteiger partial charge in [-0.3, -0.25) is 0 Å². The van der Waals surface area contributed by atoms with Crippen molar-refractivity contribution in [2.45, 2.75) is 20.3 Å². The van der Waals surface area contributed by atoms with Crippen LogP contribution in [0.5, 0.6) is 11.5 Å². The lowest BCUT2D eigenvalue weighted by molar-refractivity contribution is -0.129. The zero-order chi connectivity index (χ0) is 18.5. The van der Waals surface area contributed by atoms with Gasteiger partial charge in [0.05, 0.1) is 23.1 Å². The molecule has 0 saturated heterocycles. The number of thiophene rings is 1. The fraction of sp³-hybridized carbons (Fsp3) is 0.263. The number of rotatable bonds is 7. The van der Waals surface area contributed by atoms with Gasteiger partial charge in [-0.1, -0.05) is 24.6 Å². The minimum atomic E-state index is -0.492. The lowest BCUT2D eigenvalue weighted by atomic mass is 10.1. The first kappa shape index (κ1) is 18.5. The van der Waals surface area contributed by atoms with E-state index in [1.54, 1.807) is 18.2 Å². The Morgan fingerprint density at radius 3 is 2.85 bits per heavy atom. The fourth-order valence-corrected chi connectivity index (χ4v) is 3.27. The van der Waals surface area contributed by atoms with E-state index in [1.807, 2.05) is 31.4 Å². The minimum absolute atomic E-state index is 0.217. The molecule has 1 aliphatic heterocycles. The van der Waals surface area contributed by atoms with E-state index in [1.165, 1.54) is 11.3 Å². The number of hydrogen-bond acceptors (Lipinski definition) is 6. The Kier molecular flexibility index (Phi) is 5.96. The minimum Gasteiger partial charge on any atom is -0.490 e. The molecular weight excluding hydrogens is 374 g/mol. The first-order valence-corrected chi connectivity index (χ1v) is 9.53. The van der Waals surface area contributed by atoms with E-state index in [2.05, 4.69) is 4.99 Å². The molecule has 3 rings (SSSR count). The van der Waals surface area contributed by atoms with Crippen LogP contribution in [0, 0.1) is 0 Å². The molecule has 0 unspecified atom stereocenters. The molecule has 0 fully saturated rings. The van der Waals surface area contributed by atoms with Gasteiger partial charge in [0.2, 0.25) is 5.90 Å². The summed E-state index contributed by atoms with van der Waals surface area (Å²) in [6.07, 6.45) is 2.49. The van der Waals surface area contributed by atoms with Crippen molar-refractivity contribution in [3.8, 4) is 11.5 Å². The lowest BCUT2D eigenvalue weighted by Crippen LogP contribution is -2.03. The number of carbonyl (C=O) groups excluding carboxylic acids is 1. The van der Waals surface area contributed by atoms with Gasteiger partial charge in [-0.25, -0.2) is 9.79 Å². The van der Waals surface area contributed by atoms with Gasteiger partial charge in [0.25, 0.3) is 0 Å². The summed E-state index contributed by atoms with van der Waals surface area (Å²) in [5.41, 5.74) is 0.902. The predicted molar refractivity (Wildman–Crippen MR) is 103 cm³/mol. The third-order valence-electron chi connectivity index (χ3n) is 3.44. The lowest BCUT2D eigenvalue weighted by Gasteiger charge is -2.14. The highest BCUT2D eigenvalue weighted by Crippen LogP contribution is 2.37. The van der Waals surface area contributed by atoms with Crippen LogP contribution in [0.15, 0.2) is 40.3 Å². The molecule has 0 N–H and O–H groups in total. The normalized spacial score (nSPS) is 15.1. The molecule has 136 valence electrons. The maximum absolute atomic E-state index is 12.1. The van der Waals surface area contributed by atoms with Gasteiger partial charge in [-0.2, -0.15) is 0 Å². The summed E-state index contributed by atoms with van der Waals surface area (Å²) >= 11 is 7.81. The summed E-state index contributed by atoms with van der Waals surface area (Å²) in [7, 11) is 0. The van der Waals surface area contributed by atoms with Crippen molar-refractivity contribution >= 4 is 40.9 Å². The Balaban J connectivity index is 1.93. The molecule has 0 saturated carbocycles. The molecule has 0 spiro atoms. The molecule has 0 atom stereocenters. The molecule has 2 heterocycles. The van der Waals surface area contributed by atoms with Gasteiger partial charge in [0.1, 0.15) is 0 Å². The highest BCUT2D eigenvalue weighted by Gasteiger charge is 2.25. The van der Waals surface area contributed by atoms with E-state index < -0.39 is 5.97 Å². The smallest absolute Gasteiger partial charge is 0.363 e. The average molecular weight is 392 g/mol. The number of nitrogens with zero attached hydrogens (tertiary/aromatic N) is 1. The summed E-state index contributed by atoms with van der Waals surface area (Å²) in [5, 5.41) is 2.32. The van der Waals surface area contributed by atoms with Crippen LogP contribution in [0.25, 0.3) is 6.08 Å². The summed E-state index contributed by atoms with van der Waals surface area (Å²) < 4.78 is 16.6. The Hall–Kier alpha value is -2.31. The quantitative estimate of drug-likeness (QED) is 0.495. The highest BCUT2D eigenvalue weighted by molar-refractivity contribution is 7.12. The number of esters is 1. The second-order valence-electron chi connectivity index (χ2n) is 5.42. The SMILES string of the molecule is CCCOc1c(Cl)cc(/C=C2/N=C(c3cccs3)OC2=O)cc1OCC. The zero-order valence-corrected chi connectivity index (χ0v) is 16.0. The highest BCUT2D eigenvalue weighted by atomic mass is 35.5. The van der Waals surface area contributed by atoms with Crippen molar-refractivity contribution in [2.24, 2.45) is 4.99 Å². The molecule has 5 nitrogen and oxygen atoms in total. The van der Waals surface area contributed by atoms with Gasteiger partial charge in [0, 0.05) is 0 Å². The first-order valence-electron chi connectivity index (χ1n) is 8.28. The molecule has 7 heteroatoms. The molecular formula is C19H18ClNO4S. The summed E-state index contributed by atoms with van der Waals surface area (Å²) in [5.74, 6) is 0.868. The second kappa shape index (κ2) is 8.38. The Labute approximate surface area is 160 Å². The summed E-state index contributed by atoms with van der Waals surface area (Å²) in [6, 6.07) is 7.22. The van der Waals surface area contributed by atoms with Crippen molar-refractivity contribution in [1.82, 2.24) is 0 Å². The monoisotopic (exact) mass is 391 g/mol. The molecule has 2 aromatic rings. The third-order valence-corrected chi connectivity index (χ3v) is 4.58. The van der Waals surface area contributed by atoms with E-state index >= 15 is 0 Å². The van der Waals surface area contributed by atoms with Crippen LogP contribution in [0.1, 0.15) is 30.7 Å². The summed E-state index contributed by atoms with van der Waals surface area (Å²) in [4.78, 5) is 17.2. The van der Waals surface area contributed by atoms with E-state index in [4.69, 9.17) is 25.8 Å². The van der Waals surface area contributed by atoms with Crippen LogP contribution < -0.4 is 9.47 Å². The molecule has 0 amide bonds. The molecule has 1 aromatic heterocycles. The van der Waals surface area contributed by atoms with Crippen LogP contribution in [-0.4, -0.2) is 25.1 Å². The van der Waals surface area contributed by atoms with Gasteiger partial charge in [-0.05, 0) is 48.6 Å². The third kappa shape index (κ3) is 4.08. The Morgan fingerprint density at radius 2 is 2.15 bits per heavy atom. The number of ether oxygens (including phenoxy) is 3. The Bertz CT molecular complexity index is 859. The number of carbonyl (C=O) groups is 1. The topological polar surface area (TPSA) is 57.1 Å². The van der Waals surface area contributed by atoms with E-state index in [0.29, 0.717) is 41.2 Å². The maximum atomic E-state index is 12.1. The maximum Gasteiger partial charge on any atom is 0.363 e. The van der Waals surface area contributed by atoms with Gasteiger partial charge in [-0.15, -0.1) is 11.3 Å². The van der Waals surface area contributed by atoms with Crippen LogP contribution in [0.3, 0.4) is 0 Å². The van der Waals surface area contributed by atoms with Crippen molar-refractivity contribution in [3.05, 3.63) is 50.8 Å². The Morgan fingerprint density at radius 1 is 1.31 bits per heavy atom. The van der Waals surface area contributed by atoms with Crippen LogP contribution >= 0.6 is 22.9 Å².